The van der Waals surface area contributed by atoms with Crippen LogP contribution in [0.1, 0.15) is 16.1 Å². The van der Waals surface area contributed by atoms with Crippen molar-refractivity contribution in [3.63, 3.8) is 0 Å². The minimum Gasteiger partial charge on any atom is -0.482 e. The lowest BCUT2D eigenvalue weighted by molar-refractivity contribution is 0.0993. The predicted molar refractivity (Wildman–Crippen MR) is 90.0 cm³/mol. The van der Waals surface area contributed by atoms with Gasteiger partial charge < -0.3 is 14.5 Å². The van der Waals surface area contributed by atoms with Gasteiger partial charge in [0.2, 0.25) is 11.2 Å². The van der Waals surface area contributed by atoms with Crippen LogP contribution in [0.2, 0.25) is 0 Å². The average Bonchev–Trinajstić information content (AvgIpc) is 2.65. The van der Waals surface area contributed by atoms with E-state index >= 15 is 0 Å². The molecule has 5 nitrogen and oxygen atoms in total. The molecule has 3 rings (SSSR count). The van der Waals surface area contributed by atoms with Crippen LogP contribution in [0.4, 0.5) is 18.9 Å². The Balaban J connectivity index is 1.68. The molecule has 1 amide bonds. The average molecular weight is 375 g/mol. The molecule has 1 N–H and O–H groups in total. The molecule has 0 fully saturated rings. The van der Waals surface area contributed by atoms with Crippen LogP contribution < -0.4 is 15.5 Å². The number of anilines is 1. The molecule has 0 aliphatic rings. The van der Waals surface area contributed by atoms with Crippen molar-refractivity contribution >= 4 is 11.6 Å². The number of hydrogen-bond acceptors (Lipinski definition) is 4. The highest BCUT2D eigenvalue weighted by Crippen LogP contribution is 2.15. The molecule has 0 aliphatic heterocycles. The lowest BCUT2D eigenvalue weighted by atomic mass is 10.2. The summed E-state index contributed by atoms with van der Waals surface area (Å²) in [6, 6.07) is 9.24. The smallest absolute Gasteiger partial charge is 0.291 e. The Bertz CT molecular complexity index is 1030. The third-order valence-corrected chi connectivity index (χ3v) is 3.51. The lowest BCUT2D eigenvalue weighted by Gasteiger charge is -2.07. The first-order valence-electron chi connectivity index (χ1n) is 7.69. The second-order valence-corrected chi connectivity index (χ2v) is 5.47. The number of amides is 1. The molecule has 8 heteroatoms. The van der Waals surface area contributed by atoms with Crippen LogP contribution in [0.25, 0.3) is 0 Å². The second kappa shape index (κ2) is 7.77. The Kier molecular flexibility index (Phi) is 5.25. The number of carbonyl (C=O) groups is 1. The molecule has 0 unspecified atom stereocenters. The SMILES string of the molecule is O=C(Nc1ccc(F)c(F)c1)c1cc(=O)c(OCc2ccc(F)cc2)co1. The van der Waals surface area contributed by atoms with Gasteiger partial charge in [-0.2, -0.15) is 0 Å². The molecule has 0 saturated carbocycles. The highest BCUT2D eigenvalue weighted by Gasteiger charge is 2.13. The van der Waals surface area contributed by atoms with Crippen molar-refractivity contribution in [3.8, 4) is 5.75 Å². The van der Waals surface area contributed by atoms with E-state index < -0.39 is 28.8 Å². The molecule has 0 bridgehead atoms. The van der Waals surface area contributed by atoms with Gasteiger partial charge in [-0.05, 0) is 29.8 Å². The van der Waals surface area contributed by atoms with Crippen LogP contribution >= 0.6 is 0 Å². The maximum Gasteiger partial charge on any atom is 0.291 e. The molecular formula is C19H12F3NO4. The van der Waals surface area contributed by atoms with Crippen molar-refractivity contribution in [1.29, 1.82) is 0 Å². The molecule has 2 aromatic carbocycles. The number of carbonyl (C=O) groups excluding carboxylic acids is 1. The Morgan fingerprint density at radius 2 is 1.74 bits per heavy atom. The number of hydrogen-bond donors (Lipinski definition) is 1. The Morgan fingerprint density at radius 3 is 2.41 bits per heavy atom. The molecule has 0 atom stereocenters. The molecule has 3 aromatic rings. The quantitative estimate of drug-likeness (QED) is 0.735. The summed E-state index contributed by atoms with van der Waals surface area (Å²) in [5.74, 6) is -3.86. The standard InChI is InChI=1S/C19H12F3NO4/c20-12-3-1-11(2-4-12)9-26-18-10-27-17(8-16(18)24)19(25)23-13-5-6-14(21)15(22)7-13/h1-8,10H,9H2,(H,23,25). The van der Waals surface area contributed by atoms with Gasteiger partial charge in [0.25, 0.3) is 5.91 Å². The van der Waals surface area contributed by atoms with Crippen LogP contribution in [-0.2, 0) is 6.61 Å². The van der Waals surface area contributed by atoms with E-state index in [1.54, 1.807) is 0 Å². The van der Waals surface area contributed by atoms with E-state index in [9.17, 15) is 22.8 Å². The number of rotatable bonds is 5. The van der Waals surface area contributed by atoms with E-state index in [1.807, 2.05) is 0 Å². The van der Waals surface area contributed by atoms with Gasteiger partial charge in [-0.1, -0.05) is 12.1 Å². The Labute approximate surface area is 151 Å². The topological polar surface area (TPSA) is 68.5 Å². The van der Waals surface area contributed by atoms with Crippen LogP contribution in [0, 0.1) is 17.5 Å². The molecular weight excluding hydrogens is 363 g/mol. The Morgan fingerprint density at radius 1 is 1.00 bits per heavy atom. The van der Waals surface area contributed by atoms with Crippen molar-refractivity contribution in [2.75, 3.05) is 5.32 Å². The molecule has 0 spiro atoms. The maximum absolute atomic E-state index is 13.2. The third kappa shape index (κ3) is 4.55. The summed E-state index contributed by atoms with van der Waals surface area (Å²) in [4.78, 5) is 24.1. The minimum absolute atomic E-state index is 0.00168. The highest BCUT2D eigenvalue weighted by molar-refractivity contribution is 6.02. The van der Waals surface area contributed by atoms with Crippen LogP contribution in [0.3, 0.4) is 0 Å². The van der Waals surface area contributed by atoms with Gasteiger partial charge in [-0.3, -0.25) is 9.59 Å². The normalized spacial score (nSPS) is 10.5. The number of nitrogens with one attached hydrogen (secondary N) is 1. The third-order valence-electron chi connectivity index (χ3n) is 3.51. The van der Waals surface area contributed by atoms with Gasteiger partial charge >= 0.3 is 0 Å². The lowest BCUT2D eigenvalue weighted by Crippen LogP contribution is -2.16. The van der Waals surface area contributed by atoms with E-state index in [1.165, 1.54) is 24.3 Å². The first kappa shape index (κ1) is 18.2. The zero-order valence-corrected chi connectivity index (χ0v) is 13.7. The second-order valence-electron chi connectivity index (χ2n) is 5.47. The number of ether oxygens (including phenoxy) is 1. The van der Waals surface area contributed by atoms with E-state index in [2.05, 4.69) is 5.32 Å². The fourth-order valence-corrected chi connectivity index (χ4v) is 2.13. The van der Waals surface area contributed by atoms with Crippen molar-refractivity contribution in [2.24, 2.45) is 0 Å². The van der Waals surface area contributed by atoms with E-state index in [0.717, 1.165) is 30.5 Å². The first-order chi connectivity index (χ1) is 12.9. The summed E-state index contributed by atoms with van der Waals surface area (Å²) >= 11 is 0. The van der Waals surface area contributed by atoms with E-state index in [0.29, 0.717) is 5.56 Å². The summed E-state index contributed by atoms with van der Waals surface area (Å²) in [5, 5.41) is 2.28. The minimum atomic E-state index is -1.13. The van der Waals surface area contributed by atoms with E-state index in [4.69, 9.17) is 9.15 Å². The molecule has 27 heavy (non-hydrogen) atoms. The van der Waals surface area contributed by atoms with Gasteiger partial charge in [0, 0.05) is 17.8 Å². The number of benzene rings is 2. The zero-order valence-electron chi connectivity index (χ0n) is 13.7. The highest BCUT2D eigenvalue weighted by atomic mass is 19.2. The van der Waals surface area contributed by atoms with Crippen molar-refractivity contribution in [3.05, 3.63) is 93.8 Å². The summed E-state index contributed by atoms with van der Waals surface area (Å²) in [6.07, 6.45) is 0.964. The summed E-state index contributed by atoms with van der Waals surface area (Å²) < 4.78 is 49.3. The predicted octanol–water partition coefficient (Wildman–Crippen LogP) is 3.89. The van der Waals surface area contributed by atoms with Gasteiger partial charge in [0.15, 0.2) is 17.4 Å². The van der Waals surface area contributed by atoms with Gasteiger partial charge in [-0.15, -0.1) is 0 Å². The van der Waals surface area contributed by atoms with Crippen molar-refractivity contribution in [1.82, 2.24) is 0 Å². The molecule has 0 aliphatic carbocycles. The van der Waals surface area contributed by atoms with Crippen LogP contribution in [0.5, 0.6) is 5.75 Å². The number of halogens is 3. The zero-order chi connectivity index (χ0) is 19.4. The fraction of sp³-hybridized carbons (Fsp3) is 0.0526. The maximum atomic E-state index is 13.2. The first-order valence-corrected chi connectivity index (χ1v) is 7.69. The van der Waals surface area contributed by atoms with Crippen LogP contribution in [-0.4, -0.2) is 5.91 Å². The summed E-state index contributed by atoms with van der Waals surface area (Å²) in [5.41, 5.74) is 0.0212. The Hall–Kier alpha value is -3.55. The van der Waals surface area contributed by atoms with Gasteiger partial charge in [0.1, 0.15) is 18.7 Å². The fourth-order valence-electron chi connectivity index (χ4n) is 2.13. The van der Waals surface area contributed by atoms with Gasteiger partial charge in [0.05, 0.1) is 0 Å². The largest absolute Gasteiger partial charge is 0.482 e. The molecule has 1 heterocycles. The van der Waals surface area contributed by atoms with Gasteiger partial charge in [-0.25, -0.2) is 13.2 Å². The molecule has 0 saturated heterocycles. The molecule has 0 radical (unpaired) electrons. The monoisotopic (exact) mass is 375 g/mol. The van der Waals surface area contributed by atoms with E-state index in [-0.39, 0.29) is 23.8 Å². The molecule has 138 valence electrons. The summed E-state index contributed by atoms with van der Waals surface area (Å²) in [7, 11) is 0. The summed E-state index contributed by atoms with van der Waals surface area (Å²) in [6.45, 7) is 0.00540. The van der Waals surface area contributed by atoms with Crippen molar-refractivity contribution in [2.45, 2.75) is 6.61 Å². The van der Waals surface area contributed by atoms with Crippen LogP contribution in [0.15, 0.2) is 64.0 Å². The van der Waals surface area contributed by atoms with Crippen molar-refractivity contribution < 1.29 is 27.1 Å². The molecule has 1 aromatic heterocycles.